The van der Waals surface area contributed by atoms with Gasteiger partial charge >= 0.3 is 6.03 Å². The minimum absolute atomic E-state index is 0.0761. The second-order valence-electron chi connectivity index (χ2n) is 5.91. The molecule has 120 valence electrons. The molecule has 0 bridgehead atoms. The zero-order valence-corrected chi connectivity index (χ0v) is 13.6. The number of ether oxygens (including phenoxy) is 1. The maximum absolute atomic E-state index is 11.8. The van der Waals surface area contributed by atoms with Crippen molar-refractivity contribution in [3.63, 3.8) is 0 Å². The van der Waals surface area contributed by atoms with Crippen LogP contribution in [0.25, 0.3) is 0 Å². The van der Waals surface area contributed by atoms with Gasteiger partial charge in [-0.3, -0.25) is 4.90 Å². The summed E-state index contributed by atoms with van der Waals surface area (Å²) < 4.78 is 5.43. The first kappa shape index (κ1) is 15.4. The molecule has 0 radical (unpaired) electrons. The first-order valence-corrected chi connectivity index (χ1v) is 8.14. The van der Waals surface area contributed by atoms with E-state index in [2.05, 4.69) is 10.2 Å². The van der Waals surface area contributed by atoms with Crippen LogP contribution in [0.3, 0.4) is 0 Å². The van der Waals surface area contributed by atoms with Crippen LogP contribution in [0.15, 0.2) is 18.2 Å². The van der Waals surface area contributed by atoms with Gasteiger partial charge in [0.25, 0.3) is 0 Å². The molecule has 0 aromatic heterocycles. The van der Waals surface area contributed by atoms with Crippen LogP contribution in [-0.4, -0.2) is 55.2 Å². The Labute approximate surface area is 136 Å². The summed E-state index contributed by atoms with van der Waals surface area (Å²) in [4.78, 5) is 16.2. The lowest BCUT2D eigenvalue weighted by atomic mass is 10.0. The molecule has 1 aromatic carbocycles. The number of hydrogen-bond acceptors (Lipinski definition) is 3. The molecule has 2 fully saturated rings. The summed E-state index contributed by atoms with van der Waals surface area (Å²) in [5.74, 6) is 0.866. The molecule has 2 aliphatic heterocycles. The van der Waals surface area contributed by atoms with Gasteiger partial charge in [0.15, 0.2) is 0 Å². The Hall–Kier alpha value is -1.46. The van der Waals surface area contributed by atoms with Gasteiger partial charge in [-0.25, -0.2) is 4.79 Å². The van der Waals surface area contributed by atoms with Gasteiger partial charge in [-0.15, -0.1) is 0 Å². The Kier molecular flexibility index (Phi) is 4.74. The van der Waals surface area contributed by atoms with Crippen LogP contribution in [-0.2, 0) is 6.54 Å². The number of urea groups is 1. The zero-order valence-electron chi connectivity index (χ0n) is 12.8. The highest BCUT2D eigenvalue weighted by atomic mass is 35.5. The van der Waals surface area contributed by atoms with Crippen molar-refractivity contribution in [1.29, 1.82) is 0 Å². The van der Waals surface area contributed by atoms with Crippen LogP contribution >= 0.6 is 11.6 Å². The second-order valence-corrected chi connectivity index (χ2v) is 6.35. The van der Waals surface area contributed by atoms with E-state index in [0.717, 1.165) is 61.9 Å². The maximum Gasteiger partial charge on any atom is 0.317 e. The van der Waals surface area contributed by atoms with Gasteiger partial charge < -0.3 is 15.0 Å². The summed E-state index contributed by atoms with van der Waals surface area (Å²) in [5.41, 5.74) is 1.10. The van der Waals surface area contributed by atoms with E-state index in [1.807, 2.05) is 23.1 Å². The predicted octanol–water partition coefficient (Wildman–Crippen LogP) is 2.34. The number of carbonyl (C=O) groups excluding carboxylic acids is 1. The lowest BCUT2D eigenvalue weighted by Crippen LogP contribution is -2.48. The highest BCUT2D eigenvalue weighted by Gasteiger charge is 2.31. The first-order valence-electron chi connectivity index (χ1n) is 7.76. The molecule has 0 saturated carbocycles. The van der Waals surface area contributed by atoms with Gasteiger partial charge in [0.05, 0.1) is 7.11 Å². The standard InChI is InChI=1S/C16H22ClN3O2/c1-22-15-5-4-13(17)9-12(15)10-19-7-2-3-14(11-19)20-8-6-18-16(20)21/h4-5,9,14H,2-3,6-8,10-11H2,1H3,(H,18,21)/t14-/m1/s1. The monoisotopic (exact) mass is 323 g/mol. The largest absolute Gasteiger partial charge is 0.496 e. The number of nitrogens with zero attached hydrogens (tertiary/aromatic N) is 2. The van der Waals surface area contributed by atoms with Crippen molar-refractivity contribution in [3.8, 4) is 5.75 Å². The molecular weight excluding hydrogens is 302 g/mol. The molecule has 0 aliphatic carbocycles. The predicted molar refractivity (Wildman–Crippen MR) is 86.4 cm³/mol. The van der Waals surface area contributed by atoms with E-state index in [1.54, 1.807) is 7.11 Å². The Bertz CT molecular complexity index is 552. The summed E-state index contributed by atoms with van der Waals surface area (Å²) in [6, 6.07) is 6.10. The van der Waals surface area contributed by atoms with E-state index in [4.69, 9.17) is 16.3 Å². The molecule has 2 saturated heterocycles. The van der Waals surface area contributed by atoms with Crippen molar-refractivity contribution in [2.45, 2.75) is 25.4 Å². The van der Waals surface area contributed by atoms with Crippen molar-refractivity contribution in [3.05, 3.63) is 28.8 Å². The van der Waals surface area contributed by atoms with Crippen molar-refractivity contribution in [2.24, 2.45) is 0 Å². The minimum Gasteiger partial charge on any atom is -0.496 e. The highest BCUT2D eigenvalue weighted by molar-refractivity contribution is 6.30. The van der Waals surface area contributed by atoms with E-state index < -0.39 is 0 Å². The molecule has 1 aromatic rings. The van der Waals surface area contributed by atoms with Gasteiger partial charge in [-0.1, -0.05) is 11.6 Å². The fraction of sp³-hybridized carbons (Fsp3) is 0.562. The van der Waals surface area contributed by atoms with Gasteiger partial charge in [0.2, 0.25) is 0 Å². The molecule has 2 heterocycles. The smallest absolute Gasteiger partial charge is 0.317 e. The van der Waals surface area contributed by atoms with E-state index in [0.29, 0.717) is 6.04 Å². The molecule has 0 spiro atoms. The Morgan fingerprint density at radius 3 is 3.00 bits per heavy atom. The van der Waals surface area contributed by atoms with Crippen molar-refractivity contribution in [2.75, 3.05) is 33.3 Å². The fourth-order valence-corrected chi connectivity index (χ4v) is 3.57. The van der Waals surface area contributed by atoms with E-state index in [9.17, 15) is 4.79 Å². The van der Waals surface area contributed by atoms with E-state index >= 15 is 0 Å². The molecule has 3 rings (SSSR count). The molecular formula is C16H22ClN3O2. The number of piperidine rings is 1. The number of nitrogens with one attached hydrogen (secondary N) is 1. The van der Waals surface area contributed by atoms with Crippen molar-refractivity contribution >= 4 is 17.6 Å². The van der Waals surface area contributed by atoms with E-state index in [1.165, 1.54) is 0 Å². The zero-order chi connectivity index (χ0) is 15.5. The molecule has 1 N–H and O–H groups in total. The number of methoxy groups -OCH3 is 1. The number of carbonyl (C=O) groups is 1. The third-order valence-electron chi connectivity index (χ3n) is 4.45. The summed E-state index contributed by atoms with van der Waals surface area (Å²) in [6.07, 6.45) is 2.19. The fourth-order valence-electron chi connectivity index (χ4n) is 3.38. The Balaban J connectivity index is 1.67. The molecule has 1 atom stereocenters. The molecule has 6 heteroatoms. The Morgan fingerprint density at radius 2 is 2.27 bits per heavy atom. The summed E-state index contributed by atoms with van der Waals surface area (Å²) in [7, 11) is 1.68. The third-order valence-corrected chi connectivity index (χ3v) is 4.68. The summed E-state index contributed by atoms with van der Waals surface area (Å²) in [6.45, 7) is 4.33. The minimum atomic E-state index is 0.0761. The second kappa shape index (κ2) is 6.75. The van der Waals surface area contributed by atoms with Gasteiger partial charge in [0.1, 0.15) is 5.75 Å². The number of hydrogen-bond donors (Lipinski definition) is 1. The highest BCUT2D eigenvalue weighted by Crippen LogP contribution is 2.26. The lowest BCUT2D eigenvalue weighted by molar-refractivity contribution is 0.121. The van der Waals surface area contributed by atoms with Crippen LogP contribution in [0.1, 0.15) is 18.4 Å². The van der Waals surface area contributed by atoms with Gasteiger partial charge in [-0.2, -0.15) is 0 Å². The average molecular weight is 324 g/mol. The number of benzene rings is 1. The lowest BCUT2D eigenvalue weighted by Gasteiger charge is -2.37. The quantitative estimate of drug-likeness (QED) is 0.925. The molecule has 2 amide bonds. The van der Waals surface area contributed by atoms with Crippen LogP contribution in [0.4, 0.5) is 4.79 Å². The summed E-state index contributed by atoms with van der Waals surface area (Å²) in [5, 5.41) is 3.61. The van der Waals surface area contributed by atoms with Crippen molar-refractivity contribution in [1.82, 2.24) is 15.1 Å². The number of rotatable bonds is 4. The number of likely N-dealkylation sites (tertiary alicyclic amines) is 1. The Morgan fingerprint density at radius 1 is 1.41 bits per heavy atom. The molecule has 22 heavy (non-hydrogen) atoms. The topological polar surface area (TPSA) is 44.8 Å². The van der Waals surface area contributed by atoms with Crippen LogP contribution in [0.2, 0.25) is 5.02 Å². The van der Waals surface area contributed by atoms with Gasteiger partial charge in [0, 0.05) is 42.8 Å². The maximum atomic E-state index is 11.8. The normalized spacial score (nSPS) is 22.7. The third kappa shape index (κ3) is 3.31. The van der Waals surface area contributed by atoms with Crippen LogP contribution in [0.5, 0.6) is 5.75 Å². The number of amides is 2. The van der Waals surface area contributed by atoms with Crippen LogP contribution in [0, 0.1) is 0 Å². The average Bonchev–Trinajstić information content (AvgIpc) is 2.94. The SMILES string of the molecule is COc1ccc(Cl)cc1CN1CCC[C@@H](N2CCNC2=O)C1. The van der Waals surface area contributed by atoms with Crippen molar-refractivity contribution < 1.29 is 9.53 Å². The number of halogens is 1. The first-order chi connectivity index (χ1) is 10.7. The van der Waals surface area contributed by atoms with Crippen LogP contribution < -0.4 is 10.1 Å². The molecule has 0 unspecified atom stereocenters. The molecule has 2 aliphatic rings. The molecule has 5 nitrogen and oxygen atoms in total. The van der Waals surface area contributed by atoms with Gasteiger partial charge in [-0.05, 0) is 37.6 Å². The summed E-state index contributed by atoms with van der Waals surface area (Å²) >= 11 is 6.11. The van der Waals surface area contributed by atoms with E-state index in [-0.39, 0.29) is 6.03 Å².